The number of phenols is 1. The minimum absolute atomic E-state index is 0.0718. The number of phenolic OH excluding ortho intramolecular Hbond substituents is 1. The lowest BCUT2D eigenvalue weighted by atomic mass is 10.0. The van der Waals surface area contributed by atoms with Gasteiger partial charge in [-0.3, -0.25) is 4.79 Å². The second-order valence-corrected chi connectivity index (χ2v) is 6.58. The molecule has 0 saturated heterocycles. The SMILES string of the molecule is CCCNc1cc(O)c2c(c1)/C=C/CCCC(=O)/C=C\[C@@H](C)COC2=O. The van der Waals surface area contributed by atoms with E-state index >= 15 is 0 Å². The molecule has 0 radical (unpaired) electrons. The van der Waals surface area contributed by atoms with Gasteiger partial charge in [0.1, 0.15) is 11.3 Å². The number of cyclic esters (lactones) is 1. The molecule has 140 valence electrons. The fraction of sp³-hybridized carbons (Fsp3) is 0.429. The molecule has 0 amide bonds. The van der Waals surface area contributed by atoms with E-state index in [9.17, 15) is 14.7 Å². The Labute approximate surface area is 154 Å². The van der Waals surface area contributed by atoms with E-state index in [-0.39, 0.29) is 29.6 Å². The van der Waals surface area contributed by atoms with Crippen molar-refractivity contribution in [3.05, 3.63) is 41.5 Å². The lowest BCUT2D eigenvalue weighted by Gasteiger charge is -2.14. The highest BCUT2D eigenvalue weighted by atomic mass is 16.5. The molecule has 1 aliphatic rings. The van der Waals surface area contributed by atoms with E-state index in [1.165, 1.54) is 0 Å². The van der Waals surface area contributed by atoms with E-state index in [1.54, 1.807) is 18.2 Å². The van der Waals surface area contributed by atoms with Crippen molar-refractivity contribution in [3.63, 3.8) is 0 Å². The van der Waals surface area contributed by atoms with Crippen LogP contribution in [0, 0.1) is 5.92 Å². The number of ether oxygens (including phenoxy) is 1. The maximum Gasteiger partial charge on any atom is 0.342 e. The highest BCUT2D eigenvalue weighted by Crippen LogP contribution is 2.29. The highest BCUT2D eigenvalue weighted by molar-refractivity contribution is 5.97. The molecule has 2 rings (SSSR count). The summed E-state index contributed by atoms with van der Waals surface area (Å²) in [5, 5.41) is 13.6. The first-order valence-electron chi connectivity index (χ1n) is 9.16. The van der Waals surface area contributed by atoms with Gasteiger partial charge in [-0.05, 0) is 37.0 Å². The molecule has 0 saturated carbocycles. The second kappa shape index (κ2) is 9.80. The molecule has 1 aromatic carbocycles. The zero-order chi connectivity index (χ0) is 18.9. The maximum atomic E-state index is 12.5. The number of ketones is 1. The Morgan fingerprint density at radius 1 is 1.27 bits per heavy atom. The van der Waals surface area contributed by atoms with Gasteiger partial charge >= 0.3 is 5.97 Å². The number of carbonyl (C=O) groups is 2. The standard InChI is InChI=1S/C21H27NO4/c1-3-11-22-17-12-16-7-5-4-6-8-18(23)10-9-15(2)14-26-21(25)20(16)19(24)13-17/h5,7,9-10,12-13,15,22,24H,3-4,6,8,11,14H2,1-2H3/b7-5+,10-9-/t15-/m1/s1. The summed E-state index contributed by atoms with van der Waals surface area (Å²) in [7, 11) is 0. The molecule has 1 heterocycles. The predicted molar refractivity (Wildman–Crippen MR) is 103 cm³/mol. The quantitative estimate of drug-likeness (QED) is 0.788. The van der Waals surface area contributed by atoms with Crippen molar-refractivity contribution in [2.75, 3.05) is 18.5 Å². The molecule has 2 N–H and O–H groups in total. The molecule has 5 nitrogen and oxygen atoms in total. The van der Waals surface area contributed by atoms with Gasteiger partial charge in [0.2, 0.25) is 0 Å². The van der Waals surface area contributed by atoms with Crippen molar-refractivity contribution in [1.82, 2.24) is 0 Å². The van der Waals surface area contributed by atoms with Gasteiger partial charge in [-0.1, -0.05) is 32.1 Å². The Morgan fingerprint density at radius 2 is 2.08 bits per heavy atom. The van der Waals surface area contributed by atoms with Crippen molar-refractivity contribution < 1.29 is 19.4 Å². The van der Waals surface area contributed by atoms with Gasteiger partial charge in [-0.25, -0.2) is 4.79 Å². The summed E-state index contributed by atoms with van der Waals surface area (Å²) in [4.78, 5) is 24.3. The first-order chi connectivity index (χ1) is 12.5. The minimum Gasteiger partial charge on any atom is -0.507 e. The lowest BCUT2D eigenvalue weighted by Crippen LogP contribution is -2.13. The van der Waals surface area contributed by atoms with Crippen LogP contribution in [0.15, 0.2) is 30.4 Å². The summed E-state index contributed by atoms with van der Waals surface area (Å²) in [5.41, 5.74) is 1.54. The number of carbonyl (C=O) groups excluding carboxylic acids is 2. The largest absolute Gasteiger partial charge is 0.507 e. The molecule has 0 unspecified atom stereocenters. The van der Waals surface area contributed by atoms with Gasteiger partial charge in [0.25, 0.3) is 0 Å². The van der Waals surface area contributed by atoms with E-state index in [2.05, 4.69) is 12.2 Å². The molecule has 1 aliphatic heterocycles. The minimum atomic E-state index is -0.562. The summed E-state index contributed by atoms with van der Waals surface area (Å²) in [6.45, 7) is 4.86. The number of rotatable bonds is 3. The Balaban J connectivity index is 2.33. The van der Waals surface area contributed by atoms with Gasteiger partial charge in [-0.2, -0.15) is 0 Å². The number of nitrogens with one attached hydrogen (secondary N) is 1. The number of esters is 1. The van der Waals surface area contributed by atoms with E-state index in [4.69, 9.17) is 4.74 Å². The zero-order valence-corrected chi connectivity index (χ0v) is 15.5. The number of hydrogen-bond donors (Lipinski definition) is 2. The van der Waals surface area contributed by atoms with Crippen molar-refractivity contribution in [2.24, 2.45) is 5.92 Å². The number of fused-ring (bicyclic) bond motifs is 1. The number of benzene rings is 1. The maximum absolute atomic E-state index is 12.5. The first-order valence-corrected chi connectivity index (χ1v) is 9.16. The van der Waals surface area contributed by atoms with Crippen LogP contribution < -0.4 is 5.32 Å². The normalized spacial score (nSPS) is 21.2. The lowest BCUT2D eigenvalue weighted by molar-refractivity contribution is -0.114. The van der Waals surface area contributed by atoms with E-state index in [0.29, 0.717) is 12.0 Å². The Kier molecular flexibility index (Phi) is 7.45. The monoisotopic (exact) mass is 357 g/mol. The van der Waals surface area contributed by atoms with E-state index < -0.39 is 5.97 Å². The molecular formula is C21H27NO4. The summed E-state index contributed by atoms with van der Waals surface area (Å²) in [6.07, 6.45) is 9.95. The molecule has 0 fully saturated rings. The molecule has 0 aromatic heterocycles. The molecule has 5 heteroatoms. The van der Waals surface area contributed by atoms with Crippen molar-refractivity contribution >= 4 is 23.5 Å². The van der Waals surface area contributed by atoms with Crippen molar-refractivity contribution in [3.8, 4) is 5.75 Å². The third kappa shape index (κ3) is 5.76. The molecule has 0 bridgehead atoms. The first kappa shape index (κ1) is 19.8. The number of anilines is 1. The van der Waals surface area contributed by atoms with Crippen LogP contribution in [0.4, 0.5) is 5.69 Å². The van der Waals surface area contributed by atoms with Crippen LogP contribution in [-0.2, 0) is 9.53 Å². The Hall–Kier alpha value is -2.56. The summed E-state index contributed by atoms with van der Waals surface area (Å²) in [5.74, 6) is -0.649. The third-order valence-electron chi connectivity index (χ3n) is 4.11. The number of aromatic hydroxyl groups is 1. The van der Waals surface area contributed by atoms with Crippen LogP contribution in [-0.4, -0.2) is 30.0 Å². The van der Waals surface area contributed by atoms with E-state index in [0.717, 1.165) is 31.5 Å². The second-order valence-electron chi connectivity index (χ2n) is 6.58. The van der Waals surface area contributed by atoms with Crippen molar-refractivity contribution in [1.29, 1.82) is 0 Å². The van der Waals surface area contributed by atoms with Gasteiger partial charge in [0, 0.05) is 30.6 Å². The van der Waals surface area contributed by atoms with Crippen LogP contribution in [0.3, 0.4) is 0 Å². The van der Waals surface area contributed by atoms with Crippen LogP contribution >= 0.6 is 0 Å². The van der Waals surface area contributed by atoms with Crippen LogP contribution in [0.25, 0.3) is 6.08 Å². The zero-order valence-electron chi connectivity index (χ0n) is 15.5. The van der Waals surface area contributed by atoms with Gasteiger partial charge in [-0.15, -0.1) is 0 Å². The predicted octanol–water partition coefficient (Wildman–Crippen LogP) is 4.33. The summed E-state index contributed by atoms with van der Waals surface area (Å²) in [6, 6.07) is 3.39. The molecule has 26 heavy (non-hydrogen) atoms. The summed E-state index contributed by atoms with van der Waals surface area (Å²) >= 11 is 0. The van der Waals surface area contributed by atoms with Crippen LogP contribution in [0.2, 0.25) is 0 Å². The Bertz CT molecular complexity index is 706. The van der Waals surface area contributed by atoms with Crippen molar-refractivity contribution in [2.45, 2.75) is 39.5 Å². The fourth-order valence-corrected chi connectivity index (χ4v) is 2.67. The molecule has 1 aromatic rings. The third-order valence-corrected chi connectivity index (χ3v) is 4.11. The molecule has 0 spiro atoms. The van der Waals surface area contributed by atoms with Crippen LogP contribution in [0.1, 0.15) is 55.5 Å². The Morgan fingerprint density at radius 3 is 2.85 bits per heavy atom. The van der Waals surface area contributed by atoms with Gasteiger partial charge in [0.05, 0.1) is 6.61 Å². The highest BCUT2D eigenvalue weighted by Gasteiger charge is 2.19. The molecular weight excluding hydrogens is 330 g/mol. The smallest absolute Gasteiger partial charge is 0.342 e. The summed E-state index contributed by atoms with van der Waals surface area (Å²) < 4.78 is 5.35. The molecule has 0 aliphatic carbocycles. The average Bonchev–Trinajstić information content (AvgIpc) is 2.61. The topological polar surface area (TPSA) is 75.6 Å². The van der Waals surface area contributed by atoms with E-state index in [1.807, 2.05) is 25.1 Å². The van der Waals surface area contributed by atoms with Gasteiger partial charge in [0.15, 0.2) is 5.78 Å². The number of allylic oxidation sites excluding steroid dienone is 2. The van der Waals surface area contributed by atoms with Gasteiger partial charge < -0.3 is 15.2 Å². The van der Waals surface area contributed by atoms with Crippen LogP contribution in [0.5, 0.6) is 5.75 Å². The number of hydrogen-bond acceptors (Lipinski definition) is 5. The molecule has 1 atom stereocenters. The fourth-order valence-electron chi connectivity index (χ4n) is 2.67. The average molecular weight is 357 g/mol.